The molecule has 4 nitrogen and oxygen atoms in total. The van der Waals surface area contributed by atoms with E-state index >= 15 is 0 Å². The van der Waals surface area contributed by atoms with Crippen molar-refractivity contribution in [1.29, 1.82) is 0 Å². The van der Waals surface area contributed by atoms with Crippen molar-refractivity contribution in [3.05, 3.63) is 70.3 Å². The van der Waals surface area contributed by atoms with Crippen LogP contribution in [0.4, 0.5) is 0 Å². The molecule has 1 saturated heterocycles. The van der Waals surface area contributed by atoms with E-state index in [0.717, 1.165) is 49.2 Å². The van der Waals surface area contributed by atoms with Gasteiger partial charge in [-0.3, -0.25) is 4.90 Å². The van der Waals surface area contributed by atoms with Gasteiger partial charge in [-0.05, 0) is 37.2 Å². The lowest BCUT2D eigenvalue weighted by Crippen LogP contribution is -2.43. The number of fused-ring (bicyclic) bond motifs is 1. The highest BCUT2D eigenvalue weighted by atomic mass is 79.9. The summed E-state index contributed by atoms with van der Waals surface area (Å²) in [6.07, 6.45) is 0. The van der Waals surface area contributed by atoms with E-state index in [1.54, 1.807) is 0 Å². The first-order valence-electron chi connectivity index (χ1n) is 9.73. The molecular weight excluding hydrogens is 416 g/mol. The third-order valence-electron chi connectivity index (χ3n) is 5.44. The molecule has 0 amide bonds. The lowest BCUT2D eigenvalue weighted by atomic mass is 9.96. The number of likely N-dealkylation sites (N-methyl/N-ethyl adjacent to an activating group) is 1. The zero-order valence-corrected chi connectivity index (χ0v) is 17.9. The topological polar surface area (TPSA) is 36.7 Å². The van der Waals surface area contributed by atoms with Crippen molar-refractivity contribution < 1.29 is 4.42 Å². The smallest absolute Gasteiger partial charge is 0.343 e. The van der Waals surface area contributed by atoms with Gasteiger partial charge < -0.3 is 9.32 Å². The van der Waals surface area contributed by atoms with Crippen molar-refractivity contribution in [2.75, 3.05) is 33.2 Å². The van der Waals surface area contributed by atoms with Crippen LogP contribution in [0, 0.1) is 0 Å². The molecule has 1 aliphatic heterocycles. The Bertz CT molecular complexity index is 1040. The fourth-order valence-electron chi connectivity index (χ4n) is 3.88. The molecule has 1 aliphatic rings. The largest absolute Gasteiger partial charge is 0.426 e. The van der Waals surface area contributed by atoms with Crippen LogP contribution in [-0.2, 0) is 6.54 Å². The molecule has 146 valence electrons. The third kappa shape index (κ3) is 3.93. The second-order valence-electron chi connectivity index (χ2n) is 7.57. The van der Waals surface area contributed by atoms with E-state index in [9.17, 15) is 4.79 Å². The Balaban J connectivity index is 1.77. The molecule has 2 heterocycles. The minimum atomic E-state index is -0.283. The Morgan fingerprint density at radius 2 is 1.75 bits per heavy atom. The zero-order valence-electron chi connectivity index (χ0n) is 16.3. The first kappa shape index (κ1) is 19.4. The molecule has 3 aromatic rings. The zero-order chi connectivity index (χ0) is 19.7. The minimum Gasteiger partial charge on any atom is -0.426 e. The average Bonchev–Trinajstić information content (AvgIpc) is 2.70. The van der Waals surface area contributed by atoms with Gasteiger partial charge in [0.15, 0.2) is 0 Å². The van der Waals surface area contributed by atoms with E-state index in [1.807, 2.05) is 31.2 Å². The van der Waals surface area contributed by atoms with Crippen molar-refractivity contribution in [1.82, 2.24) is 9.80 Å². The van der Waals surface area contributed by atoms with E-state index in [-0.39, 0.29) is 10.5 Å². The average molecular weight is 441 g/mol. The highest BCUT2D eigenvalue weighted by Gasteiger charge is 2.19. The molecule has 1 atom stereocenters. The summed E-state index contributed by atoms with van der Waals surface area (Å²) >= 11 is 3.61. The number of hydrogen-bond donors (Lipinski definition) is 0. The Hall–Kier alpha value is -1.95. The number of rotatable bonds is 4. The summed E-state index contributed by atoms with van der Waals surface area (Å²) in [5, 5.41) is 1.57. The SMILES string of the molecule is CC(Br)c1oc(=O)c2ccccc2c1-c1cccc(CN2CCN(C)CC2)c1. The second kappa shape index (κ2) is 8.19. The minimum absolute atomic E-state index is 0.0545. The van der Waals surface area contributed by atoms with Crippen LogP contribution in [-0.4, -0.2) is 43.0 Å². The number of nitrogens with zero attached hydrogens (tertiary/aromatic N) is 2. The van der Waals surface area contributed by atoms with Gasteiger partial charge in [0.2, 0.25) is 0 Å². The molecule has 1 unspecified atom stereocenters. The molecule has 0 N–H and O–H groups in total. The fraction of sp³-hybridized carbons (Fsp3) is 0.348. The van der Waals surface area contributed by atoms with Crippen LogP contribution in [0.1, 0.15) is 23.1 Å². The van der Waals surface area contributed by atoms with Crippen LogP contribution >= 0.6 is 15.9 Å². The summed E-state index contributed by atoms with van der Waals surface area (Å²) in [6, 6.07) is 16.3. The maximum atomic E-state index is 12.4. The highest BCUT2D eigenvalue weighted by molar-refractivity contribution is 9.09. The van der Waals surface area contributed by atoms with E-state index in [4.69, 9.17) is 4.42 Å². The fourth-order valence-corrected chi connectivity index (χ4v) is 4.21. The van der Waals surface area contributed by atoms with Crippen molar-refractivity contribution in [2.45, 2.75) is 18.3 Å². The van der Waals surface area contributed by atoms with Gasteiger partial charge in [0.1, 0.15) is 5.76 Å². The summed E-state index contributed by atoms with van der Waals surface area (Å²) in [4.78, 5) is 17.3. The number of halogens is 1. The Morgan fingerprint density at radius 1 is 1.04 bits per heavy atom. The van der Waals surface area contributed by atoms with Crippen LogP contribution in [0.2, 0.25) is 0 Å². The first-order valence-corrected chi connectivity index (χ1v) is 10.6. The first-order chi connectivity index (χ1) is 13.5. The maximum Gasteiger partial charge on any atom is 0.343 e. The van der Waals surface area contributed by atoms with Crippen molar-refractivity contribution in [3.8, 4) is 11.1 Å². The summed E-state index contributed by atoms with van der Waals surface area (Å²) in [6.45, 7) is 7.33. The Labute approximate surface area is 173 Å². The lowest BCUT2D eigenvalue weighted by molar-refractivity contribution is 0.148. The number of alkyl halides is 1. The van der Waals surface area contributed by atoms with Gasteiger partial charge in [0.05, 0.1) is 10.2 Å². The second-order valence-corrected chi connectivity index (χ2v) is 8.94. The summed E-state index contributed by atoms with van der Waals surface area (Å²) in [5.74, 6) is 0.681. The quantitative estimate of drug-likeness (QED) is 0.552. The normalized spacial score (nSPS) is 17.1. The van der Waals surface area contributed by atoms with Gasteiger partial charge in [0, 0.05) is 43.7 Å². The van der Waals surface area contributed by atoms with Crippen LogP contribution in [0.25, 0.3) is 21.9 Å². The predicted octanol–water partition coefficient (Wildman–Crippen LogP) is 4.66. The lowest BCUT2D eigenvalue weighted by Gasteiger charge is -2.32. The van der Waals surface area contributed by atoms with Gasteiger partial charge >= 0.3 is 5.63 Å². The summed E-state index contributed by atoms with van der Waals surface area (Å²) < 4.78 is 5.72. The summed E-state index contributed by atoms with van der Waals surface area (Å²) in [5.41, 5.74) is 3.09. The number of piperazine rings is 1. The van der Waals surface area contributed by atoms with Crippen LogP contribution < -0.4 is 5.63 Å². The Kier molecular flexibility index (Phi) is 5.67. The molecule has 1 fully saturated rings. The van der Waals surface area contributed by atoms with Crippen molar-refractivity contribution >= 4 is 26.7 Å². The molecule has 0 bridgehead atoms. The molecule has 2 aromatic carbocycles. The van der Waals surface area contributed by atoms with E-state index in [0.29, 0.717) is 11.1 Å². The van der Waals surface area contributed by atoms with Gasteiger partial charge in [-0.25, -0.2) is 4.79 Å². The molecule has 28 heavy (non-hydrogen) atoms. The summed E-state index contributed by atoms with van der Waals surface area (Å²) in [7, 11) is 2.18. The molecule has 0 spiro atoms. The Morgan fingerprint density at radius 3 is 2.46 bits per heavy atom. The maximum absolute atomic E-state index is 12.4. The molecule has 4 rings (SSSR count). The van der Waals surface area contributed by atoms with Gasteiger partial charge in [-0.15, -0.1) is 0 Å². The molecule has 1 aromatic heterocycles. The third-order valence-corrected chi connectivity index (χ3v) is 5.86. The van der Waals surface area contributed by atoms with Crippen LogP contribution in [0.3, 0.4) is 0 Å². The molecule has 0 radical (unpaired) electrons. The molecule has 5 heteroatoms. The van der Waals surface area contributed by atoms with E-state index in [2.05, 4.69) is 57.0 Å². The van der Waals surface area contributed by atoms with Crippen molar-refractivity contribution in [2.24, 2.45) is 0 Å². The van der Waals surface area contributed by atoms with Gasteiger partial charge in [-0.2, -0.15) is 0 Å². The van der Waals surface area contributed by atoms with Crippen molar-refractivity contribution in [3.63, 3.8) is 0 Å². The number of benzene rings is 2. The molecule has 0 saturated carbocycles. The van der Waals surface area contributed by atoms with Gasteiger partial charge in [0.25, 0.3) is 0 Å². The van der Waals surface area contributed by atoms with Crippen LogP contribution in [0.15, 0.2) is 57.7 Å². The molecule has 0 aliphatic carbocycles. The van der Waals surface area contributed by atoms with E-state index < -0.39 is 0 Å². The van der Waals surface area contributed by atoms with E-state index in [1.165, 1.54) is 5.56 Å². The monoisotopic (exact) mass is 440 g/mol. The predicted molar refractivity (Wildman–Crippen MR) is 118 cm³/mol. The highest BCUT2D eigenvalue weighted by Crippen LogP contribution is 2.37. The van der Waals surface area contributed by atoms with Gasteiger partial charge in [-0.1, -0.05) is 52.3 Å². The standard InChI is InChI=1S/C23H25BrN2O2/c1-16(24)22-21(19-8-3-4-9-20(19)23(27)28-22)18-7-5-6-17(14-18)15-26-12-10-25(2)11-13-26/h3-9,14,16H,10-13,15H2,1-2H3. The molecular formula is C23H25BrN2O2. The van der Waals surface area contributed by atoms with Crippen LogP contribution in [0.5, 0.6) is 0 Å². The number of hydrogen-bond acceptors (Lipinski definition) is 4.